The van der Waals surface area contributed by atoms with Crippen molar-refractivity contribution in [3.63, 3.8) is 0 Å². The van der Waals surface area contributed by atoms with Crippen molar-refractivity contribution in [2.75, 3.05) is 13.2 Å². The van der Waals surface area contributed by atoms with Crippen LogP contribution in [0.25, 0.3) is 21.5 Å². The van der Waals surface area contributed by atoms with Crippen LogP contribution in [0.2, 0.25) is 0 Å². The fourth-order valence-electron chi connectivity index (χ4n) is 4.28. The zero-order valence-corrected chi connectivity index (χ0v) is 20.3. The molecule has 3 rings (SSSR count). The zero-order valence-electron chi connectivity index (χ0n) is 20.3. The highest BCUT2D eigenvalue weighted by Crippen LogP contribution is 2.29. The van der Waals surface area contributed by atoms with Gasteiger partial charge in [-0.25, -0.2) is 0 Å². The molecule has 0 saturated carbocycles. The molecular weight excluding hydrogens is 392 g/mol. The SMILES string of the molecule is CCCCCCCCOc1ccc2cc3cc(OCCCCCCCC)ccc3cc2c1. The van der Waals surface area contributed by atoms with Crippen molar-refractivity contribution in [1.29, 1.82) is 0 Å². The Bertz CT molecular complexity index is 853. The molecule has 0 bridgehead atoms. The number of hydrogen-bond acceptors (Lipinski definition) is 2. The minimum absolute atomic E-state index is 0.810. The van der Waals surface area contributed by atoms with Gasteiger partial charge < -0.3 is 9.47 Å². The van der Waals surface area contributed by atoms with Gasteiger partial charge in [-0.2, -0.15) is 0 Å². The van der Waals surface area contributed by atoms with Crippen LogP contribution in [0.1, 0.15) is 90.9 Å². The third kappa shape index (κ3) is 8.04. The van der Waals surface area contributed by atoms with Gasteiger partial charge in [0.25, 0.3) is 0 Å². The van der Waals surface area contributed by atoms with Crippen molar-refractivity contribution in [2.45, 2.75) is 90.9 Å². The van der Waals surface area contributed by atoms with Crippen LogP contribution in [0.4, 0.5) is 0 Å². The Morgan fingerprint density at radius 2 is 0.844 bits per heavy atom. The highest BCUT2D eigenvalue weighted by atomic mass is 16.5. The lowest BCUT2D eigenvalue weighted by Gasteiger charge is -2.10. The van der Waals surface area contributed by atoms with Gasteiger partial charge in [-0.15, -0.1) is 0 Å². The van der Waals surface area contributed by atoms with Crippen LogP contribution in [0.15, 0.2) is 48.5 Å². The molecular formula is C30H42O2. The van der Waals surface area contributed by atoms with E-state index in [1.165, 1.54) is 85.8 Å². The van der Waals surface area contributed by atoms with Gasteiger partial charge in [0.15, 0.2) is 0 Å². The van der Waals surface area contributed by atoms with Gasteiger partial charge in [0.2, 0.25) is 0 Å². The second-order valence-corrected chi connectivity index (χ2v) is 9.10. The molecule has 0 aliphatic heterocycles. The van der Waals surface area contributed by atoms with Gasteiger partial charge in [0, 0.05) is 0 Å². The van der Waals surface area contributed by atoms with Crippen LogP contribution >= 0.6 is 0 Å². The number of hydrogen-bond donors (Lipinski definition) is 0. The predicted molar refractivity (Wildman–Crippen MR) is 139 cm³/mol. The largest absolute Gasteiger partial charge is 0.494 e. The van der Waals surface area contributed by atoms with E-state index < -0.39 is 0 Å². The molecule has 32 heavy (non-hydrogen) atoms. The molecule has 0 saturated heterocycles. The lowest BCUT2D eigenvalue weighted by molar-refractivity contribution is 0.304. The number of ether oxygens (including phenoxy) is 2. The van der Waals surface area contributed by atoms with Gasteiger partial charge >= 0.3 is 0 Å². The molecule has 174 valence electrons. The first-order valence-corrected chi connectivity index (χ1v) is 13.0. The molecule has 3 aromatic carbocycles. The minimum atomic E-state index is 0.810. The van der Waals surface area contributed by atoms with E-state index in [9.17, 15) is 0 Å². The molecule has 0 aliphatic carbocycles. The first kappa shape index (κ1) is 24.4. The quantitative estimate of drug-likeness (QED) is 0.165. The maximum absolute atomic E-state index is 6.02. The van der Waals surface area contributed by atoms with Crippen molar-refractivity contribution in [3.8, 4) is 11.5 Å². The molecule has 0 fully saturated rings. The zero-order chi connectivity index (χ0) is 22.4. The number of rotatable bonds is 16. The average molecular weight is 435 g/mol. The van der Waals surface area contributed by atoms with Gasteiger partial charge in [-0.3, -0.25) is 0 Å². The van der Waals surface area contributed by atoms with E-state index in [4.69, 9.17) is 9.47 Å². The Morgan fingerprint density at radius 3 is 1.28 bits per heavy atom. The van der Waals surface area contributed by atoms with Gasteiger partial charge in [0.1, 0.15) is 11.5 Å². The van der Waals surface area contributed by atoms with Crippen LogP contribution < -0.4 is 9.47 Å². The van der Waals surface area contributed by atoms with Gasteiger partial charge in [-0.05, 0) is 70.8 Å². The highest BCUT2D eigenvalue weighted by molar-refractivity contribution is 5.99. The first-order chi connectivity index (χ1) is 15.8. The smallest absolute Gasteiger partial charge is 0.119 e. The van der Waals surface area contributed by atoms with Crippen LogP contribution in [-0.2, 0) is 0 Å². The van der Waals surface area contributed by atoms with E-state index in [0.717, 1.165) is 37.6 Å². The topological polar surface area (TPSA) is 18.5 Å². The lowest BCUT2D eigenvalue weighted by atomic mass is 10.0. The number of fused-ring (bicyclic) bond motifs is 2. The molecule has 0 atom stereocenters. The van der Waals surface area contributed by atoms with Crippen LogP contribution in [0, 0.1) is 0 Å². The predicted octanol–water partition coefficient (Wildman–Crippen LogP) is 9.47. The first-order valence-electron chi connectivity index (χ1n) is 13.0. The third-order valence-corrected chi connectivity index (χ3v) is 6.27. The number of benzene rings is 3. The molecule has 0 amide bonds. The van der Waals surface area contributed by atoms with Crippen LogP contribution in [0.5, 0.6) is 11.5 Å². The van der Waals surface area contributed by atoms with Crippen LogP contribution in [0.3, 0.4) is 0 Å². The van der Waals surface area contributed by atoms with Crippen molar-refractivity contribution in [2.24, 2.45) is 0 Å². The summed E-state index contributed by atoms with van der Waals surface area (Å²) in [4.78, 5) is 0. The van der Waals surface area contributed by atoms with Crippen LogP contribution in [-0.4, -0.2) is 13.2 Å². The summed E-state index contributed by atoms with van der Waals surface area (Å²) in [6.45, 7) is 6.14. The van der Waals surface area contributed by atoms with Gasteiger partial charge in [-0.1, -0.05) is 90.2 Å². The normalized spacial score (nSPS) is 11.3. The second kappa shape index (κ2) is 14.0. The Labute approximate surface area is 195 Å². The molecule has 0 N–H and O–H groups in total. The van der Waals surface area contributed by atoms with E-state index in [1.54, 1.807) is 0 Å². The van der Waals surface area contributed by atoms with Gasteiger partial charge in [0.05, 0.1) is 13.2 Å². The summed E-state index contributed by atoms with van der Waals surface area (Å²) in [5.41, 5.74) is 0. The standard InChI is InChI=1S/C30H42O2/c1-3-5-7-9-11-13-19-31-29-17-15-25-22-28-24-30(18-16-26(28)21-27(25)23-29)32-20-14-12-10-8-6-4-2/h15-18,21-24H,3-14,19-20H2,1-2H3. The molecule has 3 aromatic rings. The fraction of sp³-hybridized carbons (Fsp3) is 0.533. The summed E-state index contributed by atoms with van der Waals surface area (Å²) in [5, 5.41) is 4.97. The van der Waals surface area contributed by atoms with E-state index in [0.29, 0.717) is 0 Å². The molecule has 0 aliphatic rings. The summed E-state index contributed by atoms with van der Waals surface area (Å²) in [5.74, 6) is 1.95. The van der Waals surface area contributed by atoms with E-state index in [1.807, 2.05) is 0 Å². The molecule has 0 unspecified atom stereocenters. The van der Waals surface area contributed by atoms with Crippen molar-refractivity contribution in [1.82, 2.24) is 0 Å². The Hall–Kier alpha value is -2.22. The highest BCUT2D eigenvalue weighted by Gasteiger charge is 2.03. The van der Waals surface area contributed by atoms with E-state index in [-0.39, 0.29) is 0 Å². The minimum Gasteiger partial charge on any atom is -0.494 e. The van der Waals surface area contributed by atoms with E-state index in [2.05, 4.69) is 62.4 Å². The molecule has 0 aromatic heterocycles. The van der Waals surface area contributed by atoms with Crippen molar-refractivity contribution >= 4 is 21.5 Å². The summed E-state index contributed by atoms with van der Waals surface area (Å²) < 4.78 is 12.0. The fourth-order valence-corrected chi connectivity index (χ4v) is 4.28. The average Bonchev–Trinajstić information content (AvgIpc) is 2.81. The summed E-state index contributed by atoms with van der Waals surface area (Å²) in [7, 11) is 0. The molecule has 2 nitrogen and oxygen atoms in total. The Balaban J connectivity index is 1.51. The molecule has 2 heteroatoms. The number of unbranched alkanes of at least 4 members (excludes halogenated alkanes) is 10. The molecule has 0 heterocycles. The third-order valence-electron chi connectivity index (χ3n) is 6.27. The summed E-state index contributed by atoms with van der Waals surface area (Å²) >= 11 is 0. The summed E-state index contributed by atoms with van der Waals surface area (Å²) in [6.07, 6.45) is 15.5. The molecule has 0 radical (unpaired) electrons. The lowest BCUT2D eigenvalue weighted by Crippen LogP contribution is -1.97. The maximum Gasteiger partial charge on any atom is 0.119 e. The summed E-state index contributed by atoms with van der Waals surface area (Å²) in [6, 6.07) is 17.4. The molecule has 0 spiro atoms. The maximum atomic E-state index is 6.02. The Kier molecular flexibility index (Phi) is 10.7. The van der Waals surface area contributed by atoms with E-state index >= 15 is 0 Å². The van der Waals surface area contributed by atoms with Crippen molar-refractivity contribution in [3.05, 3.63) is 48.5 Å². The monoisotopic (exact) mass is 434 g/mol. The second-order valence-electron chi connectivity index (χ2n) is 9.10. The van der Waals surface area contributed by atoms with Crippen molar-refractivity contribution < 1.29 is 9.47 Å². The Morgan fingerprint density at radius 1 is 0.438 bits per heavy atom.